The number of aromatic nitrogens is 3. The molecule has 3 aromatic rings. The fraction of sp³-hybridized carbons (Fsp3) is 0.312. The van der Waals surface area contributed by atoms with Gasteiger partial charge in [-0.15, -0.1) is 0 Å². The Balaban J connectivity index is 1.48. The molecule has 4 rings (SSSR count). The molecule has 1 aliphatic rings. The van der Waals surface area contributed by atoms with E-state index in [1.54, 1.807) is 24.3 Å². The summed E-state index contributed by atoms with van der Waals surface area (Å²) >= 11 is 0.992. The highest BCUT2D eigenvalue weighted by molar-refractivity contribution is 7.89. The first-order chi connectivity index (χ1) is 12.5. The topological polar surface area (TPSA) is 85.3 Å². The number of nitrogens with zero attached hydrogens (tertiary/aromatic N) is 4. The van der Waals surface area contributed by atoms with Crippen LogP contribution in [0.3, 0.4) is 0 Å². The molecule has 1 aromatic carbocycles. The van der Waals surface area contributed by atoms with Crippen molar-refractivity contribution < 1.29 is 17.5 Å². The van der Waals surface area contributed by atoms with E-state index >= 15 is 0 Å². The van der Waals surface area contributed by atoms with Gasteiger partial charge in [0, 0.05) is 19.2 Å². The Morgan fingerprint density at radius 3 is 2.65 bits per heavy atom. The summed E-state index contributed by atoms with van der Waals surface area (Å²) < 4.78 is 54.4. The van der Waals surface area contributed by atoms with Crippen molar-refractivity contribution in [3.05, 3.63) is 42.3 Å². The van der Waals surface area contributed by atoms with E-state index in [-0.39, 0.29) is 16.9 Å². The Hall–Kier alpha value is -2.17. The van der Waals surface area contributed by atoms with Crippen LogP contribution in [0.15, 0.2) is 41.3 Å². The van der Waals surface area contributed by atoms with Crippen LogP contribution >= 0.6 is 11.7 Å². The van der Waals surface area contributed by atoms with Gasteiger partial charge in [0.05, 0.1) is 11.7 Å². The molecule has 0 saturated carbocycles. The van der Waals surface area contributed by atoms with Crippen LogP contribution in [0.4, 0.5) is 4.39 Å². The molecule has 7 nitrogen and oxygen atoms in total. The first-order valence-electron chi connectivity index (χ1n) is 8.05. The number of rotatable bonds is 4. The van der Waals surface area contributed by atoms with Crippen LogP contribution in [0.1, 0.15) is 12.8 Å². The number of hydrogen-bond donors (Lipinski definition) is 0. The Labute approximate surface area is 153 Å². The number of hydrogen-bond acceptors (Lipinski definition) is 7. The first-order valence-corrected chi connectivity index (χ1v) is 10.2. The molecule has 136 valence electrons. The van der Waals surface area contributed by atoms with Crippen LogP contribution in [0.25, 0.3) is 11.0 Å². The molecular weight excluding hydrogens is 379 g/mol. The third-order valence-electron chi connectivity index (χ3n) is 4.24. The van der Waals surface area contributed by atoms with Crippen molar-refractivity contribution >= 4 is 32.8 Å². The first kappa shape index (κ1) is 17.3. The van der Waals surface area contributed by atoms with E-state index in [2.05, 4.69) is 13.7 Å². The normalized spacial score (nSPS) is 16.8. The SMILES string of the molecule is O=S(=O)(c1cccc2nsnc12)N1CCC(Oc2cccc(F)n2)CC1. The lowest BCUT2D eigenvalue weighted by atomic mass is 10.1. The standard InChI is InChI=1S/C16H15FN4O3S2/c17-14-5-2-6-15(18-14)24-11-7-9-21(10-8-11)26(22,23)13-4-1-3-12-16(13)20-25-19-12/h1-6,11H,7-10H2. The second-order valence-corrected chi connectivity index (χ2v) is 8.34. The largest absolute Gasteiger partial charge is 0.474 e. The summed E-state index contributed by atoms with van der Waals surface area (Å²) in [5.41, 5.74) is 0.978. The maximum atomic E-state index is 13.1. The number of pyridine rings is 1. The van der Waals surface area contributed by atoms with Gasteiger partial charge in [0.1, 0.15) is 22.0 Å². The number of fused-ring (bicyclic) bond motifs is 1. The lowest BCUT2D eigenvalue weighted by Crippen LogP contribution is -2.41. The quantitative estimate of drug-likeness (QED) is 0.632. The average Bonchev–Trinajstić information content (AvgIpc) is 3.11. The molecule has 1 fully saturated rings. The van der Waals surface area contributed by atoms with Gasteiger partial charge in [-0.1, -0.05) is 12.1 Å². The van der Waals surface area contributed by atoms with Crippen LogP contribution in [-0.4, -0.2) is 45.6 Å². The maximum absolute atomic E-state index is 13.1. The molecule has 10 heteroatoms. The molecular formula is C16H15FN4O3S2. The highest BCUT2D eigenvalue weighted by Crippen LogP contribution is 2.27. The molecule has 1 saturated heterocycles. The van der Waals surface area contributed by atoms with Crippen LogP contribution < -0.4 is 4.74 Å². The minimum Gasteiger partial charge on any atom is -0.474 e. The molecule has 3 heterocycles. The average molecular weight is 394 g/mol. The third kappa shape index (κ3) is 3.27. The zero-order valence-corrected chi connectivity index (χ0v) is 15.2. The van der Waals surface area contributed by atoms with E-state index in [0.717, 1.165) is 11.7 Å². The molecule has 0 unspecified atom stereocenters. The summed E-state index contributed by atoms with van der Waals surface area (Å²) in [4.78, 5) is 3.85. The summed E-state index contributed by atoms with van der Waals surface area (Å²) in [5, 5.41) is 0. The molecule has 0 bridgehead atoms. The second-order valence-electron chi connectivity index (χ2n) is 5.91. The third-order valence-corrected chi connectivity index (χ3v) is 6.72. The van der Waals surface area contributed by atoms with Gasteiger partial charge >= 0.3 is 0 Å². The molecule has 26 heavy (non-hydrogen) atoms. The van der Waals surface area contributed by atoms with Gasteiger partial charge in [-0.2, -0.15) is 22.4 Å². The van der Waals surface area contributed by atoms with Crippen molar-refractivity contribution in [1.29, 1.82) is 0 Å². The van der Waals surface area contributed by atoms with Gasteiger partial charge in [0.15, 0.2) is 0 Å². The van der Waals surface area contributed by atoms with E-state index in [1.165, 1.54) is 16.4 Å². The highest BCUT2D eigenvalue weighted by atomic mass is 32.2. The Morgan fingerprint density at radius 1 is 1.12 bits per heavy atom. The molecule has 0 amide bonds. The Morgan fingerprint density at radius 2 is 1.88 bits per heavy atom. The van der Waals surface area contributed by atoms with Crippen molar-refractivity contribution in [2.24, 2.45) is 0 Å². The van der Waals surface area contributed by atoms with Crippen molar-refractivity contribution in [2.75, 3.05) is 13.1 Å². The molecule has 0 aliphatic carbocycles. The van der Waals surface area contributed by atoms with Crippen LogP contribution in [-0.2, 0) is 10.0 Å². The zero-order valence-electron chi connectivity index (χ0n) is 13.6. The molecule has 0 spiro atoms. The van der Waals surface area contributed by atoms with Gasteiger partial charge in [-0.3, -0.25) is 0 Å². The van der Waals surface area contributed by atoms with Crippen molar-refractivity contribution in [3.63, 3.8) is 0 Å². The zero-order chi connectivity index (χ0) is 18.1. The number of halogens is 1. The number of sulfonamides is 1. The predicted octanol–water partition coefficient (Wildman–Crippen LogP) is 2.46. The molecule has 1 aliphatic heterocycles. The molecule has 2 aromatic heterocycles. The van der Waals surface area contributed by atoms with Gasteiger partial charge < -0.3 is 4.74 Å². The Bertz CT molecular complexity index is 1030. The lowest BCUT2D eigenvalue weighted by molar-refractivity contribution is 0.129. The Kier molecular flexibility index (Phi) is 4.55. The van der Waals surface area contributed by atoms with Gasteiger partial charge in [0.25, 0.3) is 0 Å². The second kappa shape index (κ2) is 6.86. The summed E-state index contributed by atoms with van der Waals surface area (Å²) in [7, 11) is -3.66. The van der Waals surface area contributed by atoms with Crippen LogP contribution in [0.5, 0.6) is 5.88 Å². The molecule has 0 N–H and O–H groups in total. The summed E-state index contributed by atoms with van der Waals surface area (Å²) in [6.45, 7) is 0.631. The molecule has 0 atom stereocenters. The highest BCUT2D eigenvalue weighted by Gasteiger charge is 2.32. The van der Waals surface area contributed by atoms with Crippen molar-refractivity contribution in [2.45, 2.75) is 23.8 Å². The van der Waals surface area contributed by atoms with Gasteiger partial charge in [-0.25, -0.2) is 8.42 Å². The summed E-state index contributed by atoms with van der Waals surface area (Å²) in [6.07, 6.45) is 0.804. The van der Waals surface area contributed by atoms with E-state index in [9.17, 15) is 12.8 Å². The van der Waals surface area contributed by atoms with Crippen LogP contribution in [0, 0.1) is 5.95 Å². The maximum Gasteiger partial charge on any atom is 0.245 e. The molecule has 0 radical (unpaired) electrons. The smallest absolute Gasteiger partial charge is 0.245 e. The van der Waals surface area contributed by atoms with Crippen molar-refractivity contribution in [3.8, 4) is 5.88 Å². The monoisotopic (exact) mass is 394 g/mol. The van der Waals surface area contributed by atoms with Crippen LogP contribution in [0.2, 0.25) is 0 Å². The fourth-order valence-corrected chi connectivity index (χ4v) is 5.17. The number of benzene rings is 1. The van der Waals surface area contributed by atoms with E-state index < -0.39 is 16.0 Å². The fourth-order valence-electron chi connectivity index (χ4n) is 2.94. The summed E-state index contributed by atoms with van der Waals surface area (Å²) in [6, 6.07) is 9.32. The lowest BCUT2D eigenvalue weighted by Gasteiger charge is -2.31. The minimum atomic E-state index is -3.66. The number of ether oxygens (including phenoxy) is 1. The van der Waals surface area contributed by atoms with E-state index in [4.69, 9.17) is 4.74 Å². The van der Waals surface area contributed by atoms with Gasteiger partial charge in [0.2, 0.25) is 21.9 Å². The summed E-state index contributed by atoms with van der Waals surface area (Å²) in [5.74, 6) is -0.392. The van der Waals surface area contributed by atoms with Gasteiger partial charge in [-0.05, 0) is 31.0 Å². The number of piperidine rings is 1. The van der Waals surface area contributed by atoms with Crippen molar-refractivity contribution in [1.82, 2.24) is 18.0 Å². The van der Waals surface area contributed by atoms with E-state index in [1.807, 2.05) is 0 Å². The van der Waals surface area contributed by atoms with E-state index in [0.29, 0.717) is 37.0 Å². The predicted molar refractivity (Wildman–Crippen MR) is 94.0 cm³/mol. The minimum absolute atomic E-state index is 0.176.